The van der Waals surface area contributed by atoms with Crippen LogP contribution in [0.4, 0.5) is 0 Å². The maximum atomic E-state index is 13.1. The second-order valence-electron chi connectivity index (χ2n) is 8.26. The highest BCUT2D eigenvalue weighted by molar-refractivity contribution is 6.30. The van der Waals surface area contributed by atoms with Crippen molar-refractivity contribution in [1.29, 1.82) is 0 Å². The van der Waals surface area contributed by atoms with Crippen molar-refractivity contribution in [3.63, 3.8) is 0 Å². The minimum Gasteiger partial charge on any atom is -0.381 e. The molecule has 1 saturated heterocycles. The van der Waals surface area contributed by atoms with Crippen LogP contribution in [0, 0.1) is 11.8 Å². The van der Waals surface area contributed by atoms with Crippen molar-refractivity contribution in [2.45, 2.75) is 44.9 Å². The summed E-state index contributed by atoms with van der Waals surface area (Å²) in [6, 6.07) is 13.8. The number of rotatable bonds is 4. The zero-order valence-electron chi connectivity index (χ0n) is 16.8. The standard InChI is InChI=1S/C25H27ClO3/c1-2-16-3-4-19(17-5-7-21(26)8-6-17)13-22(16)25-23(27)14-20(15-24(25)28)18-9-11-29-12-10-18/h3-8,13,18,20,25H,2,9-12,14-15H2,1H3. The Morgan fingerprint density at radius 3 is 2.14 bits per heavy atom. The molecule has 1 aliphatic heterocycles. The topological polar surface area (TPSA) is 43.4 Å². The van der Waals surface area contributed by atoms with Gasteiger partial charge in [-0.15, -0.1) is 0 Å². The van der Waals surface area contributed by atoms with Crippen molar-refractivity contribution in [1.82, 2.24) is 0 Å². The highest BCUT2D eigenvalue weighted by Crippen LogP contribution is 2.39. The number of ether oxygens (including phenoxy) is 1. The molecule has 4 rings (SSSR count). The third kappa shape index (κ3) is 4.31. The van der Waals surface area contributed by atoms with Crippen LogP contribution in [-0.2, 0) is 20.7 Å². The molecule has 1 saturated carbocycles. The Morgan fingerprint density at radius 2 is 1.52 bits per heavy atom. The number of hydrogen-bond acceptors (Lipinski definition) is 3. The lowest BCUT2D eigenvalue weighted by Crippen LogP contribution is -2.37. The first-order chi connectivity index (χ1) is 14.1. The predicted molar refractivity (Wildman–Crippen MR) is 115 cm³/mol. The normalized spacial score (nSPS) is 23.4. The Balaban J connectivity index is 1.62. The molecule has 0 spiro atoms. The van der Waals surface area contributed by atoms with E-state index in [-0.39, 0.29) is 17.5 Å². The second-order valence-corrected chi connectivity index (χ2v) is 8.69. The molecule has 3 nitrogen and oxygen atoms in total. The Morgan fingerprint density at radius 1 is 0.897 bits per heavy atom. The van der Waals surface area contributed by atoms with E-state index in [1.54, 1.807) is 0 Å². The van der Waals surface area contributed by atoms with Crippen molar-refractivity contribution in [2.24, 2.45) is 11.8 Å². The van der Waals surface area contributed by atoms with E-state index in [0.29, 0.717) is 23.8 Å². The van der Waals surface area contributed by atoms with Gasteiger partial charge in [0.2, 0.25) is 0 Å². The van der Waals surface area contributed by atoms with E-state index < -0.39 is 5.92 Å². The van der Waals surface area contributed by atoms with E-state index >= 15 is 0 Å². The molecular formula is C25H27ClO3. The van der Waals surface area contributed by atoms with Crippen molar-refractivity contribution < 1.29 is 14.3 Å². The Hall–Kier alpha value is -1.97. The highest BCUT2D eigenvalue weighted by atomic mass is 35.5. The van der Waals surface area contributed by atoms with Crippen molar-refractivity contribution in [2.75, 3.05) is 13.2 Å². The first kappa shape index (κ1) is 20.3. The van der Waals surface area contributed by atoms with E-state index in [4.69, 9.17) is 16.3 Å². The number of benzene rings is 2. The van der Waals surface area contributed by atoms with Gasteiger partial charge in [0.15, 0.2) is 0 Å². The summed E-state index contributed by atoms with van der Waals surface area (Å²) >= 11 is 6.02. The third-order valence-electron chi connectivity index (χ3n) is 6.52. The monoisotopic (exact) mass is 410 g/mol. The van der Waals surface area contributed by atoms with Crippen LogP contribution in [0.2, 0.25) is 5.02 Å². The number of carbonyl (C=O) groups is 2. The van der Waals surface area contributed by atoms with E-state index in [2.05, 4.69) is 19.1 Å². The number of halogens is 1. The van der Waals surface area contributed by atoms with Crippen LogP contribution in [-0.4, -0.2) is 24.8 Å². The zero-order chi connectivity index (χ0) is 20.4. The smallest absolute Gasteiger partial charge is 0.148 e. The van der Waals surface area contributed by atoms with Gasteiger partial charge < -0.3 is 4.74 Å². The molecule has 2 aromatic carbocycles. The summed E-state index contributed by atoms with van der Waals surface area (Å²) < 4.78 is 5.45. The fourth-order valence-corrected chi connectivity index (χ4v) is 5.01. The molecular weight excluding hydrogens is 384 g/mol. The summed E-state index contributed by atoms with van der Waals surface area (Å²) in [6.07, 6.45) is 3.74. The number of hydrogen-bond donors (Lipinski definition) is 0. The first-order valence-corrected chi connectivity index (χ1v) is 11.0. The maximum absolute atomic E-state index is 13.1. The van der Waals surface area contributed by atoms with Crippen LogP contribution in [0.3, 0.4) is 0 Å². The van der Waals surface area contributed by atoms with Gasteiger partial charge in [-0.3, -0.25) is 9.59 Å². The van der Waals surface area contributed by atoms with E-state index in [9.17, 15) is 9.59 Å². The lowest BCUT2D eigenvalue weighted by molar-refractivity contribution is -0.135. The highest BCUT2D eigenvalue weighted by Gasteiger charge is 2.40. The molecule has 2 aliphatic rings. The summed E-state index contributed by atoms with van der Waals surface area (Å²) in [6.45, 7) is 3.57. The quantitative estimate of drug-likeness (QED) is 0.613. The maximum Gasteiger partial charge on any atom is 0.148 e. The van der Waals surface area contributed by atoms with Gasteiger partial charge in [-0.05, 0) is 71.6 Å². The Labute approximate surface area is 177 Å². The third-order valence-corrected chi connectivity index (χ3v) is 6.77. The van der Waals surface area contributed by atoms with Gasteiger partial charge in [0.1, 0.15) is 17.5 Å². The van der Waals surface area contributed by atoms with Gasteiger partial charge >= 0.3 is 0 Å². The van der Waals surface area contributed by atoms with Crippen molar-refractivity contribution in [3.8, 4) is 11.1 Å². The largest absolute Gasteiger partial charge is 0.381 e. The van der Waals surface area contributed by atoms with E-state index in [1.165, 1.54) is 0 Å². The number of Topliss-reactive ketones (excluding diaryl/α,β-unsaturated/α-hetero) is 2. The lowest BCUT2D eigenvalue weighted by Gasteiger charge is -2.34. The fourth-order valence-electron chi connectivity index (χ4n) is 4.88. The Bertz CT molecular complexity index is 879. The van der Waals surface area contributed by atoms with Crippen LogP contribution >= 0.6 is 11.6 Å². The van der Waals surface area contributed by atoms with E-state index in [0.717, 1.165) is 54.7 Å². The average molecular weight is 411 g/mol. The van der Waals surface area contributed by atoms with Gasteiger partial charge in [0, 0.05) is 31.1 Å². The molecule has 2 aromatic rings. The molecule has 0 radical (unpaired) electrons. The van der Waals surface area contributed by atoms with Crippen LogP contribution in [0.5, 0.6) is 0 Å². The zero-order valence-corrected chi connectivity index (χ0v) is 17.6. The van der Waals surface area contributed by atoms with Gasteiger partial charge in [-0.25, -0.2) is 0 Å². The SMILES string of the molecule is CCc1ccc(-c2ccc(Cl)cc2)cc1C1C(=O)CC(C2CCOCC2)CC1=O. The minimum absolute atomic E-state index is 0.0840. The summed E-state index contributed by atoms with van der Waals surface area (Å²) in [5.74, 6) is 0.165. The second kappa shape index (κ2) is 8.81. The molecule has 0 aromatic heterocycles. The van der Waals surface area contributed by atoms with Crippen LogP contribution in [0.15, 0.2) is 42.5 Å². The van der Waals surface area contributed by atoms with Crippen molar-refractivity contribution in [3.05, 3.63) is 58.6 Å². The molecule has 1 heterocycles. The van der Waals surface area contributed by atoms with Gasteiger partial charge in [0.05, 0.1) is 0 Å². The number of carbonyl (C=O) groups excluding carboxylic acids is 2. The van der Waals surface area contributed by atoms with Gasteiger partial charge in [0.25, 0.3) is 0 Å². The molecule has 4 heteroatoms. The molecule has 0 unspecified atom stereocenters. The molecule has 0 amide bonds. The number of aryl methyl sites for hydroxylation is 1. The van der Waals surface area contributed by atoms with Crippen LogP contribution in [0.1, 0.15) is 49.7 Å². The van der Waals surface area contributed by atoms with E-state index in [1.807, 2.05) is 30.3 Å². The molecule has 1 aliphatic carbocycles. The average Bonchev–Trinajstić information content (AvgIpc) is 2.74. The number of ketones is 2. The molecule has 0 N–H and O–H groups in total. The summed E-state index contributed by atoms with van der Waals surface area (Å²) in [7, 11) is 0. The van der Waals surface area contributed by atoms with Crippen LogP contribution in [0.25, 0.3) is 11.1 Å². The predicted octanol–water partition coefficient (Wildman–Crippen LogP) is 5.63. The summed E-state index contributed by atoms with van der Waals surface area (Å²) in [5.41, 5.74) is 4.02. The fraction of sp³-hybridized carbons (Fsp3) is 0.440. The molecule has 0 bridgehead atoms. The Kier molecular flexibility index (Phi) is 6.17. The molecule has 0 atom stereocenters. The summed E-state index contributed by atoms with van der Waals surface area (Å²) in [4.78, 5) is 26.3. The molecule has 2 fully saturated rings. The van der Waals surface area contributed by atoms with Crippen LogP contribution < -0.4 is 0 Å². The minimum atomic E-state index is -0.617. The lowest BCUT2D eigenvalue weighted by atomic mass is 9.69. The molecule has 29 heavy (non-hydrogen) atoms. The summed E-state index contributed by atoms with van der Waals surface area (Å²) in [5, 5.41) is 0.691. The van der Waals surface area contributed by atoms with Gasteiger partial charge in [-0.2, -0.15) is 0 Å². The first-order valence-electron chi connectivity index (χ1n) is 10.6. The van der Waals surface area contributed by atoms with Gasteiger partial charge in [-0.1, -0.05) is 42.8 Å². The molecule has 152 valence electrons. The van der Waals surface area contributed by atoms with Crippen molar-refractivity contribution >= 4 is 23.2 Å².